The third-order valence-electron chi connectivity index (χ3n) is 4.13. The van der Waals surface area contributed by atoms with Gasteiger partial charge in [0.05, 0.1) is 0 Å². The van der Waals surface area contributed by atoms with Crippen LogP contribution in [-0.4, -0.2) is 23.7 Å². The minimum Gasteiger partial charge on any atom is -0.396 e. The summed E-state index contributed by atoms with van der Waals surface area (Å²) >= 11 is 12.0. The lowest BCUT2D eigenvalue weighted by atomic mass is 9.85. The van der Waals surface area contributed by atoms with Gasteiger partial charge < -0.3 is 10.4 Å². The summed E-state index contributed by atoms with van der Waals surface area (Å²) < 4.78 is 0. The van der Waals surface area contributed by atoms with Crippen LogP contribution >= 0.6 is 23.2 Å². The first-order chi connectivity index (χ1) is 10.1. The Hall–Kier alpha value is -0.770. The highest BCUT2D eigenvalue weighted by molar-refractivity contribution is 6.35. The second-order valence-electron chi connectivity index (χ2n) is 5.64. The second kappa shape index (κ2) is 8.02. The smallest absolute Gasteiger partial charge is 0.220 e. The van der Waals surface area contributed by atoms with Crippen molar-refractivity contribution in [3.05, 3.63) is 33.8 Å². The van der Waals surface area contributed by atoms with Gasteiger partial charge in [0.1, 0.15) is 0 Å². The van der Waals surface area contributed by atoms with Gasteiger partial charge in [-0.15, -0.1) is 0 Å². The average molecular weight is 330 g/mol. The van der Waals surface area contributed by atoms with E-state index in [4.69, 9.17) is 23.2 Å². The monoisotopic (exact) mass is 329 g/mol. The number of aliphatic hydroxyl groups excluding tert-OH is 1. The van der Waals surface area contributed by atoms with Crippen LogP contribution in [0.1, 0.15) is 37.7 Å². The van der Waals surface area contributed by atoms with Crippen molar-refractivity contribution >= 4 is 29.1 Å². The van der Waals surface area contributed by atoms with E-state index in [0.717, 1.165) is 31.2 Å². The van der Waals surface area contributed by atoms with Gasteiger partial charge in [-0.1, -0.05) is 42.1 Å². The van der Waals surface area contributed by atoms with Gasteiger partial charge >= 0.3 is 0 Å². The van der Waals surface area contributed by atoms with Crippen LogP contribution in [0.15, 0.2) is 18.2 Å². The molecule has 1 fully saturated rings. The number of carbonyl (C=O) groups is 1. The van der Waals surface area contributed by atoms with Gasteiger partial charge in [0.15, 0.2) is 0 Å². The van der Waals surface area contributed by atoms with Crippen LogP contribution < -0.4 is 5.32 Å². The predicted octanol–water partition coefficient (Wildman–Crippen LogP) is 3.59. The first-order valence-corrected chi connectivity index (χ1v) is 8.20. The Morgan fingerprint density at radius 2 is 2.05 bits per heavy atom. The average Bonchev–Trinajstić information content (AvgIpc) is 2.47. The normalized spacial score (nSPS) is 22.0. The third kappa shape index (κ3) is 4.87. The number of aryl methyl sites for hydroxylation is 1. The molecule has 2 rings (SSSR count). The van der Waals surface area contributed by atoms with Crippen molar-refractivity contribution < 1.29 is 9.90 Å². The second-order valence-corrected chi connectivity index (χ2v) is 6.48. The summed E-state index contributed by atoms with van der Waals surface area (Å²) in [6.45, 7) is 0.147. The topological polar surface area (TPSA) is 49.3 Å². The Kier molecular flexibility index (Phi) is 6.34. The quantitative estimate of drug-likeness (QED) is 0.867. The minimum absolute atomic E-state index is 0.0198. The van der Waals surface area contributed by atoms with E-state index in [9.17, 15) is 9.90 Å². The zero-order valence-electron chi connectivity index (χ0n) is 11.9. The molecule has 0 aliphatic heterocycles. The van der Waals surface area contributed by atoms with Crippen LogP contribution in [0.4, 0.5) is 0 Å². The lowest BCUT2D eigenvalue weighted by Crippen LogP contribution is -2.43. The van der Waals surface area contributed by atoms with Crippen molar-refractivity contribution in [2.24, 2.45) is 5.92 Å². The zero-order chi connectivity index (χ0) is 15.2. The van der Waals surface area contributed by atoms with Gasteiger partial charge in [0, 0.05) is 35.0 Å². The number of hydrogen-bond donors (Lipinski definition) is 2. The fraction of sp³-hybridized carbons (Fsp3) is 0.562. The Labute approximate surface area is 135 Å². The van der Waals surface area contributed by atoms with Crippen molar-refractivity contribution in [2.45, 2.75) is 44.6 Å². The van der Waals surface area contributed by atoms with Gasteiger partial charge in [0.25, 0.3) is 0 Å². The summed E-state index contributed by atoms with van der Waals surface area (Å²) in [4.78, 5) is 12.1. The Morgan fingerprint density at radius 3 is 2.76 bits per heavy atom. The van der Waals surface area contributed by atoms with Crippen molar-refractivity contribution in [3.63, 3.8) is 0 Å². The summed E-state index contributed by atoms with van der Waals surface area (Å²) in [6.07, 6.45) is 5.19. The Morgan fingerprint density at radius 1 is 1.29 bits per heavy atom. The molecule has 1 aromatic carbocycles. The van der Waals surface area contributed by atoms with Gasteiger partial charge in [-0.25, -0.2) is 0 Å². The van der Waals surface area contributed by atoms with Crippen LogP contribution in [-0.2, 0) is 11.2 Å². The summed E-state index contributed by atoms with van der Waals surface area (Å²) in [5.41, 5.74) is 0.929. The first-order valence-electron chi connectivity index (χ1n) is 7.44. The lowest BCUT2D eigenvalue weighted by molar-refractivity contribution is -0.122. The first kappa shape index (κ1) is 16.6. The largest absolute Gasteiger partial charge is 0.396 e. The van der Waals surface area contributed by atoms with Crippen molar-refractivity contribution in [1.29, 1.82) is 0 Å². The van der Waals surface area contributed by atoms with Crippen LogP contribution in [0.3, 0.4) is 0 Å². The van der Waals surface area contributed by atoms with Gasteiger partial charge in [-0.3, -0.25) is 4.79 Å². The number of carbonyl (C=O) groups excluding carboxylic acids is 1. The fourth-order valence-electron chi connectivity index (χ4n) is 2.87. The maximum Gasteiger partial charge on any atom is 0.220 e. The number of aliphatic hydroxyl groups is 1. The van der Waals surface area contributed by atoms with E-state index in [1.54, 1.807) is 12.1 Å². The molecule has 1 amide bonds. The van der Waals surface area contributed by atoms with Gasteiger partial charge in [-0.2, -0.15) is 0 Å². The molecule has 3 nitrogen and oxygen atoms in total. The van der Waals surface area contributed by atoms with Crippen LogP contribution in [0.2, 0.25) is 10.0 Å². The maximum absolute atomic E-state index is 12.1. The van der Waals surface area contributed by atoms with Gasteiger partial charge in [-0.05, 0) is 37.0 Å². The minimum atomic E-state index is 0.0198. The molecule has 2 N–H and O–H groups in total. The standard InChI is InChI=1S/C16H21Cl2NO2/c17-13-7-5-11(14(18)9-13)6-8-16(21)19-15-4-2-1-3-12(15)10-20/h5,7,9,12,15,20H,1-4,6,8,10H2,(H,19,21)/t12-,15-/m1/s1. The fourth-order valence-corrected chi connectivity index (χ4v) is 3.37. The number of benzene rings is 1. The van der Waals surface area contributed by atoms with E-state index >= 15 is 0 Å². The van der Waals surface area contributed by atoms with Crippen LogP contribution in [0.5, 0.6) is 0 Å². The van der Waals surface area contributed by atoms with Crippen molar-refractivity contribution in [2.75, 3.05) is 6.61 Å². The Balaban J connectivity index is 1.84. The molecule has 116 valence electrons. The van der Waals surface area contributed by atoms with Crippen LogP contribution in [0.25, 0.3) is 0 Å². The number of halogens is 2. The van der Waals surface area contributed by atoms with Gasteiger partial charge in [0.2, 0.25) is 5.91 Å². The maximum atomic E-state index is 12.1. The summed E-state index contributed by atoms with van der Waals surface area (Å²) in [5.74, 6) is 0.216. The van der Waals surface area contributed by atoms with Crippen molar-refractivity contribution in [3.8, 4) is 0 Å². The summed E-state index contributed by atoms with van der Waals surface area (Å²) in [5, 5.41) is 13.6. The lowest BCUT2D eigenvalue weighted by Gasteiger charge is -2.30. The molecule has 1 aliphatic carbocycles. The van der Waals surface area contributed by atoms with E-state index in [1.807, 2.05) is 6.07 Å². The van der Waals surface area contributed by atoms with E-state index < -0.39 is 0 Å². The molecular formula is C16H21Cl2NO2. The molecule has 0 aromatic heterocycles. The highest BCUT2D eigenvalue weighted by atomic mass is 35.5. The zero-order valence-corrected chi connectivity index (χ0v) is 13.5. The molecule has 2 atom stereocenters. The molecule has 0 heterocycles. The summed E-state index contributed by atoms with van der Waals surface area (Å²) in [7, 11) is 0. The van der Waals surface area contributed by atoms with Crippen LogP contribution in [0, 0.1) is 5.92 Å². The molecule has 0 bridgehead atoms. The molecule has 0 spiro atoms. The molecular weight excluding hydrogens is 309 g/mol. The van der Waals surface area contributed by atoms with Crippen molar-refractivity contribution in [1.82, 2.24) is 5.32 Å². The SMILES string of the molecule is O=C(CCc1ccc(Cl)cc1Cl)N[C@@H]1CCCC[C@@H]1CO. The van der Waals surface area contributed by atoms with E-state index in [-0.39, 0.29) is 24.5 Å². The molecule has 5 heteroatoms. The number of amides is 1. The number of hydrogen-bond acceptors (Lipinski definition) is 2. The predicted molar refractivity (Wildman–Crippen MR) is 85.8 cm³/mol. The highest BCUT2D eigenvalue weighted by Gasteiger charge is 2.25. The molecule has 1 saturated carbocycles. The number of nitrogens with one attached hydrogen (secondary N) is 1. The molecule has 0 saturated heterocycles. The molecule has 1 aromatic rings. The van der Waals surface area contributed by atoms with E-state index in [2.05, 4.69) is 5.32 Å². The number of rotatable bonds is 5. The Bertz CT molecular complexity index is 493. The third-order valence-corrected chi connectivity index (χ3v) is 4.71. The summed E-state index contributed by atoms with van der Waals surface area (Å²) in [6, 6.07) is 5.44. The molecule has 21 heavy (non-hydrogen) atoms. The molecule has 1 aliphatic rings. The van der Waals surface area contributed by atoms with E-state index in [1.165, 1.54) is 0 Å². The highest BCUT2D eigenvalue weighted by Crippen LogP contribution is 2.25. The van der Waals surface area contributed by atoms with E-state index in [0.29, 0.717) is 22.9 Å². The molecule has 0 unspecified atom stereocenters. The molecule has 0 radical (unpaired) electrons.